The Morgan fingerprint density at radius 3 is 1.97 bits per heavy atom. The second-order valence-electron chi connectivity index (χ2n) is 7.77. The van der Waals surface area contributed by atoms with Crippen molar-refractivity contribution in [3.8, 4) is 11.1 Å². The molecule has 0 saturated carbocycles. The van der Waals surface area contributed by atoms with E-state index in [9.17, 15) is 30.7 Å². The summed E-state index contributed by atoms with van der Waals surface area (Å²) in [5.41, 5.74) is 0.0522. The van der Waals surface area contributed by atoms with Crippen molar-refractivity contribution in [2.75, 3.05) is 13.2 Å². The van der Waals surface area contributed by atoms with Gasteiger partial charge in [0.15, 0.2) is 29.6 Å². The first-order chi connectivity index (χ1) is 16.2. The van der Waals surface area contributed by atoms with E-state index in [1.807, 2.05) is 0 Å². The smallest absolute Gasteiger partial charge is 0.194 e. The topological polar surface area (TPSA) is 18.5 Å². The van der Waals surface area contributed by atoms with Gasteiger partial charge in [0.1, 0.15) is 17.5 Å². The zero-order valence-electron chi connectivity index (χ0n) is 17.6. The highest BCUT2D eigenvalue weighted by Gasteiger charge is 2.28. The number of ether oxygens (including phenoxy) is 2. The third-order valence-corrected chi connectivity index (χ3v) is 5.45. The van der Waals surface area contributed by atoms with Crippen LogP contribution in [0.1, 0.15) is 35.8 Å². The zero-order chi connectivity index (χ0) is 24.6. The van der Waals surface area contributed by atoms with Crippen molar-refractivity contribution in [1.82, 2.24) is 0 Å². The maximum absolute atomic E-state index is 14.8. The Morgan fingerprint density at radius 2 is 1.41 bits per heavy atom. The van der Waals surface area contributed by atoms with Crippen molar-refractivity contribution in [2.45, 2.75) is 19.1 Å². The van der Waals surface area contributed by atoms with Gasteiger partial charge in [-0.05, 0) is 42.3 Å². The number of hydrogen-bond donors (Lipinski definition) is 0. The summed E-state index contributed by atoms with van der Waals surface area (Å²) in [6.45, 7) is 0.796. The fourth-order valence-corrected chi connectivity index (χ4v) is 3.70. The predicted octanol–water partition coefficient (Wildman–Crippen LogP) is 7.51. The first kappa shape index (κ1) is 24.0. The second-order valence-corrected chi connectivity index (χ2v) is 7.77. The Labute approximate surface area is 190 Å². The largest absolute Gasteiger partial charge is 0.348 e. The highest BCUT2D eigenvalue weighted by molar-refractivity contribution is 5.69. The highest BCUT2D eigenvalue weighted by atomic mass is 19.2. The van der Waals surface area contributed by atoms with Gasteiger partial charge in [-0.15, -0.1) is 0 Å². The summed E-state index contributed by atoms with van der Waals surface area (Å²) in [6.07, 6.45) is -1.15. The molecule has 3 aromatic rings. The Kier molecular flexibility index (Phi) is 6.77. The van der Waals surface area contributed by atoms with E-state index >= 15 is 0 Å². The number of hydrogen-bond acceptors (Lipinski definition) is 2. The molecule has 0 N–H and O–H groups in total. The van der Waals surface area contributed by atoms with E-state index in [1.165, 1.54) is 24.3 Å². The Balaban J connectivity index is 1.50. The zero-order valence-corrected chi connectivity index (χ0v) is 17.6. The van der Waals surface area contributed by atoms with Gasteiger partial charge in [-0.2, -0.15) is 0 Å². The van der Waals surface area contributed by atoms with Crippen LogP contribution in [0.3, 0.4) is 0 Å². The second kappa shape index (κ2) is 9.60. The molecular formula is C25H17F7O2. The van der Waals surface area contributed by atoms with Gasteiger partial charge >= 0.3 is 0 Å². The summed E-state index contributed by atoms with van der Waals surface area (Å²) in [7, 11) is 0. The Morgan fingerprint density at radius 1 is 0.765 bits per heavy atom. The van der Waals surface area contributed by atoms with Crippen LogP contribution < -0.4 is 0 Å². The van der Waals surface area contributed by atoms with Crippen LogP contribution in [0.25, 0.3) is 17.0 Å². The normalized spacial score (nSPS) is 19.2. The summed E-state index contributed by atoms with van der Waals surface area (Å²) >= 11 is 0. The number of benzene rings is 3. The van der Waals surface area contributed by atoms with Crippen molar-refractivity contribution in [1.29, 1.82) is 0 Å². The van der Waals surface area contributed by atoms with Gasteiger partial charge in [-0.3, -0.25) is 0 Å². The van der Waals surface area contributed by atoms with Gasteiger partial charge in [0.2, 0.25) is 0 Å². The quantitative estimate of drug-likeness (QED) is 0.283. The molecule has 34 heavy (non-hydrogen) atoms. The molecule has 3 aromatic carbocycles. The lowest BCUT2D eigenvalue weighted by Gasteiger charge is -2.30. The van der Waals surface area contributed by atoms with Crippen molar-refractivity contribution in [3.05, 3.63) is 100 Å². The average molecular weight is 482 g/mol. The van der Waals surface area contributed by atoms with E-state index in [-0.39, 0.29) is 41.0 Å². The Hall–Kier alpha value is -3.17. The lowest BCUT2D eigenvalue weighted by atomic mass is 9.95. The average Bonchev–Trinajstić information content (AvgIpc) is 2.81. The molecular weight excluding hydrogens is 465 g/mol. The minimum absolute atomic E-state index is 0.00455. The first-order valence-electron chi connectivity index (χ1n) is 10.1. The third-order valence-electron chi connectivity index (χ3n) is 5.45. The van der Waals surface area contributed by atoms with Gasteiger partial charge in [0.05, 0.1) is 13.2 Å². The summed E-state index contributed by atoms with van der Waals surface area (Å²) < 4.78 is 107. The maximum Gasteiger partial charge on any atom is 0.194 e. The highest BCUT2D eigenvalue weighted by Crippen LogP contribution is 2.34. The molecule has 0 aromatic heterocycles. The van der Waals surface area contributed by atoms with Crippen LogP contribution in [0.2, 0.25) is 0 Å². The van der Waals surface area contributed by atoms with Crippen molar-refractivity contribution in [2.24, 2.45) is 0 Å². The summed E-state index contributed by atoms with van der Waals surface area (Å²) in [4.78, 5) is 0. The molecule has 0 radical (unpaired) electrons. The van der Waals surface area contributed by atoms with Crippen molar-refractivity contribution >= 4 is 5.83 Å². The van der Waals surface area contributed by atoms with Crippen molar-refractivity contribution < 1.29 is 40.2 Å². The van der Waals surface area contributed by atoms with Gasteiger partial charge < -0.3 is 9.47 Å². The van der Waals surface area contributed by atoms with Crippen LogP contribution in [0.4, 0.5) is 30.7 Å². The standard InChI is InChI=1S/C25H17F7O2/c1-12(26)23(31)14-3-5-17(20(28)7-14)13-2-4-18(19(27)6-13)16-10-33-25(34-11-16)15-8-21(29)24(32)22(30)9-15/h2-9,16,25H,10-11H2,1H3. The van der Waals surface area contributed by atoms with Gasteiger partial charge in [0, 0.05) is 22.6 Å². The molecule has 4 rings (SSSR count). The number of rotatable bonds is 4. The van der Waals surface area contributed by atoms with Gasteiger partial charge in [-0.1, -0.05) is 24.3 Å². The molecule has 0 atom stereocenters. The van der Waals surface area contributed by atoms with E-state index in [4.69, 9.17) is 9.47 Å². The van der Waals surface area contributed by atoms with E-state index in [2.05, 4.69) is 0 Å². The molecule has 0 bridgehead atoms. The van der Waals surface area contributed by atoms with Crippen LogP contribution in [0.5, 0.6) is 0 Å². The van der Waals surface area contributed by atoms with Crippen LogP contribution >= 0.6 is 0 Å². The molecule has 1 aliphatic heterocycles. The Bertz CT molecular complexity index is 1240. The van der Waals surface area contributed by atoms with Gasteiger partial charge in [-0.25, -0.2) is 30.7 Å². The van der Waals surface area contributed by atoms with E-state index in [1.54, 1.807) is 0 Å². The third kappa shape index (κ3) is 4.71. The van der Waals surface area contributed by atoms with E-state index in [0.717, 1.165) is 31.2 Å². The minimum Gasteiger partial charge on any atom is -0.348 e. The summed E-state index contributed by atoms with van der Waals surface area (Å²) in [5.74, 6) is -8.75. The number of allylic oxidation sites excluding steroid dienone is 1. The SMILES string of the molecule is CC(F)=C(F)c1ccc(-c2ccc(C3COC(c4cc(F)c(F)c(F)c4)OC3)c(F)c2)c(F)c1. The molecule has 1 fully saturated rings. The van der Waals surface area contributed by atoms with E-state index < -0.39 is 52.9 Å². The van der Waals surface area contributed by atoms with Crippen LogP contribution in [0.15, 0.2) is 54.4 Å². The van der Waals surface area contributed by atoms with Crippen LogP contribution in [0, 0.1) is 29.1 Å². The number of halogens is 7. The molecule has 0 spiro atoms. The summed E-state index contributed by atoms with van der Waals surface area (Å²) in [6, 6.07) is 8.72. The van der Waals surface area contributed by atoms with Crippen LogP contribution in [-0.4, -0.2) is 13.2 Å². The monoisotopic (exact) mass is 482 g/mol. The van der Waals surface area contributed by atoms with E-state index in [0.29, 0.717) is 0 Å². The fraction of sp³-hybridized carbons (Fsp3) is 0.200. The molecule has 1 saturated heterocycles. The van der Waals surface area contributed by atoms with Gasteiger partial charge in [0.25, 0.3) is 0 Å². The molecule has 1 aliphatic rings. The molecule has 9 heteroatoms. The lowest BCUT2D eigenvalue weighted by Crippen LogP contribution is -2.26. The molecule has 0 unspecified atom stereocenters. The summed E-state index contributed by atoms with van der Waals surface area (Å²) in [5, 5.41) is 0. The maximum atomic E-state index is 14.8. The molecule has 178 valence electrons. The molecule has 0 amide bonds. The van der Waals surface area contributed by atoms with Crippen molar-refractivity contribution in [3.63, 3.8) is 0 Å². The predicted molar refractivity (Wildman–Crippen MR) is 110 cm³/mol. The fourth-order valence-electron chi connectivity index (χ4n) is 3.70. The lowest BCUT2D eigenvalue weighted by molar-refractivity contribution is -0.192. The minimum atomic E-state index is -1.61. The molecule has 2 nitrogen and oxygen atoms in total. The first-order valence-corrected chi connectivity index (χ1v) is 10.1. The molecule has 0 aliphatic carbocycles. The van der Waals surface area contributed by atoms with Crippen LogP contribution in [-0.2, 0) is 9.47 Å². The molecule has 1 heterocycles.